The minimum absolute atomic E-state index is 0.0347. The van der Waals surface area contributed by atoms with Gasteiger partial charge in [-0.3, -0.25) is 10.2 Å². The van der Waals surface area contributed by atoms with Crippen molar-refractivity contribution >= 4 is 11.7 Å². The zero-order chi connectivity index (χ0) is 25.8. The second kappa shape index (κ2) is 11.2. The molecule has 3 aliphatic rings. The largest absolute Gasteiger partial charge is 0.494 e. The molecule has 0 radical (unpaired) electrons. The van der Waals surface area contributed by atoms with Gasteiger partial charge in [-0.05, 0) is 48.2 Å². The zero-order valence-corrected chi connectivity index (χ0v) is 20.8. The first-order chi connectivity index (χ1) is 18.0. The highest BCUT2D eigenvalue weighted by molar-refractivity contribution is 5.89. The topological polar surface area (TPSA) is 81.2 Å². The van der Waals surface area contributed by atoms with Gasteiger partial charge < -0.3 is 20.0 Å². The maximum absolute atomic E-state index is 13.3. The highest BCUT2D eigenvalue weighted by atomic mass is 19.1. The van der Waals surface area contributed by atoms with Crippen LogP contribution in [0.3, 0.4) is 0 Å². The highest BCUT2D eigenvalue weighted by Crippen LogP contribution is 2.34. The average molecular weight is 511 g/mol. The maximum atomic E-state index is 13.3. The summed E-state index contributed by atoms with van der Waals surface area (Å²) in [4.78, 5) is 14.4. The number of hydrazine groups is 1. The van der Waals surface area contributed by atoms with Gasteiger partial charge in [0.25, 0.3) is 0 Å². The number of benzene rings is 2. The number of carbonyl (C=O) groups excluding carboxylic acids is 1. The molecule has 37 heavy (non-hydrogen) atoms. The van der Waals surface area contributed by atoms with E-state index < -0.39 is 11.6 Å². The number of halogens is 2. The molecule has 10 heteroatoms. The fourth-order valence-corrected chi connectivity index (χ4v) is 4.89. The molecule has 2 aromatic rings. The summed E-state index contributed by atoms with van der Waals surface area (Å²) >= 11 is 0. The lowest BCUT2D eigenvalue weighted by Crippen LogP contribution is -2.54. The molecule has 0 bridgehead atoms. The van der Waals surface area contributed by atoms with Gasteiger partial charge in [-0.15, -0.1) is 0 Å². The first kappa shape index (κ1) is 25.0. The number of carbonyl (C=O) groups is 1. The number of nitrogens with zero attached hydrogens (tertiary/aromatic N) is 3. The molecule has 0 aromatic heterocycles. The number of nitrogens with one attached hydrogen (secondary N) is 3. The number of hydrogen-bond acceptors (Lipinski definition) is 7. The monoisotopic (exact) mass is 510 g/mol. The van der Waals surface area contributed by atoms with Crippen LogP contribution in [0.4, 0.5) is 8.78 Å². The van der Waals surface area contributed by atoms with Gasteiger partial charge in [-0.25, -0.2) is 14.2 Å². The van der Waals surface area contributed by atoms with E-state index in [0.717, 1.165) is 43.5 Å². The van der Waals surface area contributed by atoms with Crippen molar-refractivity contribution in [1.29, 1.82) is 0 Å². The van der Waals surface area contributed by atoms with Crippen LogP contribution in [0.5, 0.6) is 5.75 Å². The Balaban J connectivity index is 1.11. The Morgan fingerprint density at radius 3 is 2.70 bits per heavy atom. The van der Waals surface area contributed by atoms with Gasteiger partial charge >= 0.3 is 0 Å². The molecule has 2 aromatic carbocycles. The van der Waals surface area contributed by atoms with Gasteiger partial charge in [0.05, 0.1) is 18.7 Å². The van der Waals surface area contributed by atoms with Gasteiger partial charge in [0.15, 0.2) is 0 Å². The van der Waals surface area contributed by atoms with Gasteiger partial charge in [-0.2, -0.15) is 5.10 Å². The molecule has 8 nitrogen and oxygen atoms in total. The van der Waals surface area contributed by atoms with E-state index in [2.05, 4.69) is 50.2 Å². The van der Waals surface area contributed by atoms with Crippen LogP contribution in [-0.4, -0.2) is 40.5 Å². The maximum Gasteiger partial charge on any atom is 0.220 e. The van der Waals surface area contributed by atoms with E-state index >= 15 is 0 Å². The van der Waals surface area contributed by atoms with Crippen molar-refractivity contribution in [3.05, 3.63) is 77.6 Å². The molecule has 3 aliphatic heterocycles. The van der Waals surface area contributed by atoms with E-state index in [1.165, 1.54) is 17.7 Å². The number of fused-ring (bicyclic) bond motifs is 3. The summed E-state index contributed by atoms with van der Waals surface area (Å²) in [5.41, 5.74) is 8.38. The molecule has 3 unspecified atom stereocenters. The van der Waals surface area contributed by atoms with Crippen LogP contribution in [0.15, 0.2) is 60.0 Å². The van der Waals surface area contributed by atoms with E-state index in [1.54, 1.807) is 0 Å². The number of amidine groups is 1. The Kier molecular flexibility index (Phi) is 7.55. The molecule has 1 amide bonds. The molecule has 196 valence electrons. The second-order valence-electron chi connectivity index (χ2n) is 9.52. The molecule has 3 atom stereocenters. The lowest BCUT2D eigenvalue weighted by atomic mass is 9.99. The van der Waals surface area contributed by atoms with Crippen LogP contribution in [-0.2, 0) is 11.3 Å². The van der Waals surface area contributed by atoms with E-state index in [4.69, 9.17) is 4.74 Å². The van der Waals surface area contributed by atoms with Crippen molar-refractivity contribution in [2.75, 3.05) is 6.61 Å². The molecule has 1 saturated heterocycles. The van der Waals surface area contributed by atoms with Crippen molar-refractivity contribution in [3.8, 4) is 5.75 Å². The van der Waals surface area contributed by atoms with Crippen molar-refractivity contribution < 1.29 is 18.3 Å². The minimum atomic E-state index is -0.662. The van der Waals surface area contributed by atoms with Crippen LogP contribution < -0.4 is 20.9 Å². The highest BCUT2D eigenvalue weighted by Gasteiger charge is 2.44. The molecular weight excluding hydrogens is 478 g/mol. The SMILES string of the molecule is CCCCOc1ccc(C2CC3C4NN=C(CCC(=O)NCc5cc(F)cc(F)c5)N4C=CN3N2)cc1. The van der Waals surface area contributed by atoms with Crippen molar-refractivity contribution in [1.82, 2.24) is 26.1 Å². The van der Waals surface area contributed by atoms with Gasteiger partial charge in [-0.1, -0.05) is 25.5 Å². The Morgan fingerprint density at radius 2 is 1.95 bits per heavy atom. The Morgan fingerprint density at radius 1 is 1.16 bits per heavy atom. The number of ether oxygens (including phenoxy) is 1. The Bertz CT molecular complexity index is 1150. The molecule has 5 rings (SSSR count). The number of amides is 1. The molecule has 0 saturated carbocycles. The fraction of sp³-hybridized carbons (Fsp3) is 0.407. The summed E-state index contributed by atoms with van der Waals surface area (Å²) in [6.07, 6.45) is 7.65. The van der Waals surface area contributed by atoms with Crippen LogP contribution in [0, 0.1) is 11.6 Å². The first-order valence-electron chi connectivity index (χ1n) is 12.8. The van der Waals surface area contributed by atoms with Gasteiger partial charge in [0.2, 0.25) is 5.91 Å². The molecule has 3 N–H and O–H groups in total. The molecule has 0 aliphatic carbocycles. The van der Waals surface area contributed by atoms with E-state index in [0.29, 0.717) is 12.0 Å². The van der Waals surface area contributed by atoms with E-state index in [1.807, 2.05) is 24.5 Å². The first-order valence-corrected chi connectivity index (χ1v) is 12.8. The predicted octanol–water partition coefficient (Wildman–Crippen LogP) is 3.89. The molecule has 1 fully saturated rings. The zero-order valence-electron chi connectivity index (χ0n) is 20.8. The summed E-state index contributed by atoms with van der Waals surface area (Å²) in [5, 5.41) is 9.33. The number of hydrogen-bond donors (Lipinski definition) is 3. The summed E-state index contributed by atoms with van der Waals surface area (Å²) < 4.78 is 32.5. The van der Waals surface area contributed by atoms with Crippen molar-refractivity contribution in [2.45, 2.75) is 63.8 Å². The summed E-state index contributed by atoms with van der Waals surface area (Å²) in [6.45, 7) is 2.95. The summed E-state index contributed by atoms with van der Waals surface area (Å²) in [6, 6.07) is 11.8. The van der Waals surface area contributed by atoms with Gasteiger partial charge in [0, 0.05) is 37.9 Å². The van der Waals surface area contributed by atoms with Crippen LogP contribution >= 0.6 is 0 Å². The van der Waals surface area contributed by atoms with Crippen LogP contribution in [0.25, 0.3) is 0 Å². The van der Waals surface area contributed by atoms with E-state index in [9.17, 15) is 13.6 Å². The summed E-state index contributed by atoms with van der Waals surface area (Å²) in [5.74, 6) is 0.143. The normalized spacial score (nSPS) is 21.8. The third-order valence-corrected chi connectivity index (χ3v) is 6.85. The quantitative estimate of drug-likeness (QED) is 0.421. The Hall–Kier alpha value is -3.66. The standard InChI is InChI=1S/C27H32F2N6O2/c1-2-3-12-37-22-6-4-19(5-7-22)23-16-24-27-32-31-25(34(27)10-11-35(24)33-23)8-9-26(36)30-17-18-13-20(28)15-21(29)14-18/h4-7,10-11,13-15,23-24,27,32-33H,2-3,8-9,12,16-17H2,1H3,(H,30,36). The predicted molar refractivity (Wildman–Crippen MR) is 136 cm³/mol. The number of hydrazone groups is 1. The van der Waals surface area contributed by atoms with Crippen LogP contribution in [0.2, 0.25) is 0 Å². The third-order valence-electron chi connectivity index (χ3n) is 6.85. The number of rotatable bonds is 10. The average Bonchev–Trinajstić information content (AvgIpc) is 3.50. The lowest BCUT2D eigenvalue weighted by molar-refractivity contribution is -0.121. The smallest absolute Gasteiger partial charge is 0.220 e. The van der Waals surface area contributed by atoms with Crippen LogP contribution in [0.1, 0.15) is 56.2 Å². The molecule has 3 heterocycles. The Labute approximate surface area is 215 Å². The third kappa shape index (κ3) is 5.85. The van der Waals surface area contributed by atoms with E-state index in [-0.39, 0.29) is 37.1 Å². The minimum Gasteiger partial charge on any atom is -0.494 e. The fourth-order valence-electron chi connectivity index (χ4n) is 4.89. The number of unbranched alkanes of at least 4 members (excludes halogenated alkanes) is 1. The van der Waals surface area contributed by atoms with Crippen molar-refractivity contribution in [2.24, 2.45) is 5.10 Å². The summed E-state index contributed by atoms with van der Waals surface area (Å²) in [7, 11) is 0. The molecule has 0 spiro atoms. The van der Waals surface area contributed by atoms with Crippen molar-refractivity contribution in [3.63, 3.8) is 0 Å². The molecular formula is C27H32F2N6O2. The second-order valence-corrected chi connectivity index (χ2v) is 9.52. The van der Waals surface area contributed by atoms with Gasteiger partial charge in [0.1, 0.15) is 29.4 Å². The lowest BCUT2D eigenvalue weighted by Gasteiger charge is -2.37.